The van der Waals surface area contributed by atoms with Gasteiger partial charge in [0.05, 0.1) is 11.8 Å². The van der Waals surface area contributed by atoms with Crippen LogP contribution >= 0.6 is 0 Å². The lowest BCUT2D eigenvalue weighted by atomic mass is 10.1. The van der Waals surface area contributed by atoms with Crippen molar-refractivity contribution in [3.63, 3.8) is 0 Å². The molecule has 0 saturated carbocycles. The Labute approximate surface area is 117 Å². The summed E-state index contributed by atoms with van der Waals surface area (Å²) in [7, 11) is 0. The molecule has 0 amide bonds. The summed E-state index contributed by atoms with van der Waals surface area (Å²) < 4.78 is 3.83. The monoisotopic (exact) mass is 267 g/mol. The molecule has 0 saturated heterocycles. The number of benzene rings is 1. The maximum Gasteiger partial charge on any atom is 0.161 e. The van der Waals surface area contributed by atoms with Crippen LogP contribution in [0, 0.1) is 0 Å². The molecule has 3 rings (SSSR count). The molecule has 5 heteroatoms. The molecule has 102 valence electrons. The second-order valence-electron chi connectivity index (χ2n) is 4.63. The van der Waals surface area contributed by atoms with Gasteiger partial charge < -0.3 is 0 Å². The fourth-order valence-corrected chi connectivity index (χ4v) is 2.18. The fraction of sp³-hybridized carbons (Fsp3) is 0.267. The third-order valence-corrected chi connectivity index (χ3v) is 3.29. The summed E-state index contributed by atoms with van der Waals surface area (Å²) in [6, 6.07) is 10.4. The van der Waals surface area contributed by atoms with Crippen LogP contribution in [-0.2, 0) is 19.5 Å². The fourth-order valence-electron chi connectivity index (χ4n) is 2.18. The third kappa shape index (κ3) is 2.61. The molecular weight excluding hydrogens is 250 g/mol. The summed E-state index contributed by atoms with van der Waals surface area (Å²) in [5.41, 5.74) is 2.32. The van der Waals surface area contributed by atoms with Gasteiger partial charge in [-0.05, 0) is 18.9 Å². The first-order valence-corrected chi connectivity index (χ1v) is 6.81. The van der Waals surface area contributed by atoms with E-state index in [0.717, 1.165) is 30.9 Å². The van der Waals surface area contributed by atoms with Crippen molar-refractivity contribution in [3.8, 4) is 11.4 Å². The summed E-state index contributed by atoms with van der Waals surface area (Å²) in [4.78, 5) is 4.34. The largest absolute Gasteiger partial charge is 0.272 e. The summed E-state index contributed by atoms with van der Waals surface area (Å²) >= 11 is 0. The standard InChI is InChI=1S/C15H17N5/c1-2-19-11-14(10-17-19)15-16-12-18-20(15)9-8-13-6-4-3-5-7-13/h3-7,10-12H,2,8-9H2,1H3. The minimum Gasteiger partial charge on any atom is -0.272 e. The van der Waals surface area contributed by atoms with E-state index < -0.39 is 0 Å². The minimum absolute atomic E-state index is 0.816. The number of rotatable bonds is 5. The van der Waals surface area contributed by atoms with Crippen LogP contribution in [-0.4, -0.2) is 24.5 Å². The maximum absolute atomic E-state index is 4.34. The molecule has 0 aliphatic heterocycles. The SMILES string of the molecule is CCn1cc(-c2ncnn2CCc2ccccc2)cn1. The zero-order valence-electron chi connectivity index (χ0n) is 11.5. The topological polar surface area (TPSA) is 48.5 Å². The molecule has 0 aliphatic carbocycles. The molecule has 5 nitrogen and oxygen atoms in total. The Balaban J connectivity index is 1.76. The Morgan fingerprint density at radius 3 is 2.70 bits per heavy atom. The van der Waals surface area contributed by atoms with Crippen molar-refractivity contribution in [2.45, 2.75) is 26.4 Å². The van der Waals surface area contributed by atoms with E-state index in [2.05, 4.69) is 46.4 Å². The molecule has 0 fully saturated rings. The number of hydrogen-bond acceptors (Lipinski definition) is 3. The van der Waals surface area contributed by atoms with Crippen molar-refractivity contribution in [2.75, 3.05) is 0 Å². The first-order chi connectivity index (χ1) is 9.86. The van der Waals surface area contributed by atoms with Crippen LogP contribution in [0.25, 0.3) is 11.4 Å². The predicted octanol–water partition coefficient (Wildman–Crippen LogP) is 2.40. The summed E-state index contributed by atoms with van der Waals surface area (Å²) in [6.45, 7) is 3.74. The highest BCUT2D eigenvalue weighted by Crippen LogP contribution is 2.15. The molecule has 3 aromatic rings. The van der Waals surface area contributed by atoms with E-state index in [9.17, 15) is 0 Å². The van der Waals surface area contributed by atoms with Gasteiger partial charge in [0.2, 0.25) is 0 Å². The maximum atomic E-state index is 4.34. The first-order valence-electron chi connectivity index (χ1n) is 6.81. The Kier molecular flexibility index (Phi) is 3.58. The van der Waals surface area contributed by atoms with Crippen LogP contribution in [0.2, 0.25) is 0 Å². The van der Waals surface area contributed by atoms with E-state index in [1.165, 1.54) is 5.56 Å². The highest BCUT2D eigenvalue weighted by atomic mass is 15.3. The van der Waals surface area contributed by atoms with Crippen molar-refractivity contribution in [2.24, 2.45) is 0 Å². The predicted molar refractivity (Wildman–Crippen MR) is 77.1 cm³/mol. The van der Waals surface area contributed by atoms with Crippen LogP contribution in [0.3, 0.4) is 0 Å². The average Bonchev–Trinajstić information content (AvgIpc) is 3.14. The zero-order valence-corrected chi connectivity index (χ0v) is 11.5. The van der Waals surface area contributed by atoms with Gasteiger partial charge >= 0.3 is 0 Å². The van der Waals surface area contributed by atoms with Gasteiger partial charge in [0.25, 0.3) is 0 Å². The van der Waals surface area contributed by atoms with Gasteiger partial charge in [-0.25, -0.2) is 9.67 Å². The van der Waals surface area contributed by atoms with Crippen molar-refractivity contribution in [3.05, 3.63) is 54.6 Å². The molecule has 0 spiro atoms. The van der Waals surface area contributed by atoms with Crippen LogP contribution in [0.15, 0.2) is 49.1 Å². The van der Waals surface area contributed by atoms with Gasteiger partial charge in [0.1, 0.15) is 6.33 Å². The molecule has 0 radical (unpaired) electrons. The van der Waals surface area contributed by atoms with Crippen molar-refractivity contribution >= 4 is 0 Å². The van der Waals surface area contributed by atoms with Gasteiger partial charge in [-0.2, -0.15) is 10.2 Å². The number of hydrogen-bond donors (Lipinski definition) is 0. The summed E-state index contributed by atoms with van der Waals surface area (Å²) in [5.74, 6) is 0.876. The van der Waals surface area contributed by atoms with E-state index in [-0.39, 0.29) is 0 Å². The van der Waals surface area contributed by atoms with Gasteiger partial charge in [-0.3, -0.25) is 4.68 Å². The third-order valence-electron chi connectivity index (χ3n) is 3.29. The average molecular weight is 267 g/mol. The second-order valence-corrected chi connectivity index (χ2v) is 4.63. The Morgan fingerprint density at radius 1 is 1.10 bits per heavy atom. The van der Waals surface area contributed by atoms with E-state index >= 15 is 0 Å². The van der Waals surface area contributed by atoms with Crippen LogP contribution in [0.5, 0.6) is 0 Å². The Hall–Kier alpha value is -2.43. The Bertz CT molecular complexity index is 668. The molecule has 1 aromatic carbocycles. The number of nitrogens with zero attached hydrogens (tertiary/aromatic N) is 5. The lowest BCUT2D eigenvalue weighted by Crippen LogP contribution is -2.05. The van der Waals surface area contributed by atoms with E-state index in [1.807, 2.05) is 27.8 Å². The summed E-state index contributed by atoms with van der Waals surface area (Å²) in [6.07, 6.45) is 6.39. The van der Waals surface area contributed by atoms with Crippen LogP contribution in [0.1, 0.15) is 12.5 Å². The highest BCUT2D eigenvalue weighted by molar-refractivity contribution is 5.51. The van der Waals surface area contributed by atoms with Gasteiger partial charge in [0.15, 0.2) is 5.82 Å². The smallest absolute Gasteiger partial charge is 0.161 e. The molecule has 2 aromatic heterocycles. The van der Waals surface area contributed by atoms with E-state index in [4.69, 9.17) is 0 Å². The van der Waals surface area contributed by atoms with Gasteiger partial charge in [-0.15, -0.1) is 0 Å². The van der Waals surface area contributed by atoms with Gasteiger partial charge in [-0.1, -0.05) is 30.3 Å². The van der Waals surface area contributed by atoms with Crippen LogP contribution in [0.4, 0.5) is 0 Å². The molecule has 0 bridgehead atoms. The van der Waals surface area contributed by atoms with E-state index in [1.54, 1.807) is 6.33 Å². The lowest BCUT2D eigenvalue weighted by Gasteiger charge is -2.04. The highest BCUT2D eigenvalue weighted by Gasteiger charge is 2.09. The quantitative estimate of drug-likeness (QED) is 0.713. The van der Waals surface area contributed by atoms with E-state index in [0.29, 0.717) is 0 Å². The second kappa shape index (κ2) is 5.69. The molecule has 0 N–H and O–H groups in total. The minimum atomic E-state index is 0.816. The Morgan fingerprint density at radius 2 is 1.95 bits per heavy atom. The lowest BCUT2D eigenvalue weighted by molar-refractivity contribution is 0.620. The molecule has 0 aliphatic rings. The molecule has 2 heterocycles. The van der Waals surface area contributed by atoms with Crippen molar-refractivity contribution in [1.29, 1.82) is 0 Å². The van der Waals surface area contributed by atoms with Crippen molar-refractivity contribution < 1.29 is 0 Å². The molecule has 0 unspecified atom stereocenters. The number of aryl methyl sites for hydroxylation is 3. The van der Waals surface area contributed by atoms with Crippen LogP contribution < -0.4 is 0 Å². The molecular formula is C15H17N5. The molecule has 20 heavy (non-hydrogen) atoms. The summed E-state index contributed by atoms with van der Waals surface area (Å²) in [5, 5.41) is 8.60. The van der Waals surface area contributed by atoms with Crippen molar-refractivity contribution in [1.82, 2.24) is 24.5 Å². The first kappa shape index (κ1) is 12.6. The zero-order chi connectivity index (χ0) is 13.8. The molecule has 0 atom stereocenters. The normalized spacial score (nSPS) is 10.8. The number of aromatic nitrogens is 5. The van der Waals surface area contributed by atoms with Gasteiger partial charge in [0, 0.05) is 19.3 Å².